The molecule has 0 atom stereocenters. The molecule has 1 fully saturated rings. The SMILES string of the molecule is CCNC(=O)c1ccc(N)cc1NCCN(C)C1CC1. The van der Waals surface area contributed by atoms with Crippen LogP contribution in [-0.2, 0) is 0 Å². The van der Waals surface area contributed by atoms with Crippen LogP contribution in [0.25, 0.3) is 0 Å². The van der Waals surface area contributed by atoms with Crippen LogP contribution in [0.15, 0.2) is 18.2 Å². The van der Waals surface area contributed by atoms with Crippen molar-refractivity contribution in [2.45, 2.75) is 25.8 Å². The van der Waals surface area contributed by atoms with Crippen LogP contribution in [0.2, 0.25) is 0 Å². The number of amides is 1. The minimum Gasteiger partial charge on any atom is -0.399 e. The summed E-state index contributed by atoms with van der Waals surface area (Å²) in [6.07, 6.45) is 2.61. The number of carbonyl (C=O) groups excluding carboxylic acids is 1. The zero-order chi connectivity index (χ0) is 14.5. The number of nitrogens with two attached hydrogens (primary N) is 1. The van der Waals surface area contributed by atoms with E-state index >= 15 is 0 Å². The van der Waals surface area contributed by atoms with Gasteiger partial charge in [0.2, 0.25) is 0 Å². The van der Waals surface area contributed by atoms with Crippen molar-refractivity contribution in [2.75, 3.05) is 37.7 Å². The van der Waals surface area contributed by atoms with E-state index in [0.29, 0.717) is 17.8 Å². The van der Waals surface area contributed by atoms with Gasteiger partial charge in [-0.05, 0) is 45.0 Å². The van der Waals surface area contributed by atoms with Gasteiger partial charge >= 0.3 is 0 Å². The third-order valence-corrected chi connectivity index (χ3v) is 3.58. The maximum absolute atomic E-state index is 12.0. The van der Waals surface area contributed by atoms with Gasteiger partial charge in [-0.1, -0.05) is 0 Å². The van der Waals surface area contributed by atoms with Gasteiger partial charge in [-0.15, -0.1) is 0 Å². The first-order valence-electron chi connectivity index (χ1n) is 7.23. The van der Waals surface area contributed by atoms with Gasteiger partial charge in [0.15, 0.2) is 0 Å². The standard InChI is InChI=1S/C15H24N4O/c1-3-17-15(20)13-7-4-11(16)10-14(13)18-8-9-19(2)12-5-6-12/h4,7,10,12,18H,3,5-6,8-9,16H2,1-2H3,(H,17,20). The van der Waals surface area contributed by atoms with Crippen molar-refractivity contribution in [1.29, 1.82) is 0 Å². The third kappa shape index (κ3) is 3.87. The van der Waals surface area contributed by atoms with Gasteiger partial charge in [-0.2, -0.15) is 0 Å². The molecule has 2 rings (SSSR count). The zero-order valence-corrected chi connectivity index (χ0v) is 12.3. The molecule has 5 nitrogen and oxygen atoms in total. The van der Waals surface area contributed by atoms with Crippen LogP contribution in [0.3, 0.4) is 0 Å². The van der Waals surface area contributed by atoms with Gasteiger partial charge in [0, 0.05) is 37.1 Å². The molecule has 0 saturated heterocycles. The fourth-order valence-electron chi connectivity index (χ4n) is 2.23. The molecule has 20 heavy (non-hydrogen) atoms. The highest BCUT2D eigenvalue weighted by molar-refractivity contribution is 6.00. The van der Waals surface area contributed by atoms with Crippen LogP contribution in [0.5, 0.6) is 0 Å². The smallest absolute Gasteiger partial charge is 0.253 e. The number of nitrogen functional groups attached to an aromatic ring is 1. The van der Waals surface area contributed by atoms with Gasteiger partial charge in [0.25, 0.3) is 5.91 Å². The summed E-state index contributed by atoms with van der Waals surface area (Å²) in [4.78, 5) is 14.3. The Kier molecular flexibility index (Phi) is 4.84. The Morgan fingerprint density at radius 2 is 2.20 bits per heavy atom. The highest BCUT2D eigenvalue weighted by Crippen LogP contribution is 2.25. The maximum atomic E-state index is 12.0. The van der Waals surface area contributed by atoms with E-state index in [0.717, 1.165) is 24.8 Å². The number of anilines is 2. The second-order valence-electron chi connectivity index (χ2n) is 5.30. The fourth-order valence-corrected chi connectivity index (χ4v) is 2.23. The molecule has 0 heterocycles. The normalized spacial score (nSPS) is 14.3. The highest BCUT2D eigenvalue weighted by atomic mass is 16.1. The minimum absolute atomic E-state index is 0.0643. The molecule has 5 heteroatoms. The Labute approximate surface area is 120 Å². The summed E-state index contributed by atoms with van der Waals surface area (Å²) >= 11 is 0. The predicted molar refractivity (Wildman–Crippen MR) is 83.0 cm³/mol. The predicted octanol–water partition coefficient (Wildman–Crippen LogP) is 1.52. The van der Waals surface area contributed by atoms with Crippen molar-refractivity contribution >= 4 is 17.3 Å². The van der Waals surface area contributed by atoms with Crippen molar-refractivity contribution < 1.29 is 4.79 Å². The Morgan fingerprint density at radius 3 is 2.85 bits per heavy atom. The molecule has 1 aromatic rings. The lowest BCUT2D eigenvalue weighted by atomic mass is 10.1. The van der Waals surface area contributed by atoms with Crippen molar-refractivity contribution in [3.8, 4) is 0 Å². The van der Waals surface area contributed by atoms with Crippen molar-refractivity contribution in [2.24, 2.45) is 0 Å². The summed E-state index contributed by atoms with van der Waals surface area (Å²) in [5.74, 6) is -0.0643. The molecular formula is C15H24N4O. The second-order valence-corrected chi connectivity index (χ2v) is 5.30. The molecule has 110 valence electrons. The van der Waals surface area contributed by atoms with Crippen LogP contribution >= 0.6 is 0 Å². The van der Waals surface area contributed by atoms with E-state index in [1.807, 2.05) is 13.0 Å². The lowest BCUT2D eigenvalue weighted by Gasteiger charge is -2.18. The Hall–Kier alpha value is -1.75. The molecule has 0 radical (unpaired) electrons. The van der Waals surface area contributed by atoms with Crippen molar-refractivity contribution in [1.82, 2.24) is 10.2 Å². The number of nitrogens with zero attached hydrogens (tertiary/aromatic N) is 1. The van der Waals surface area contributed by atoms with Gasteiger partial charge in [-0.25, -0.2) is 0 Å². The Balaban J connectivity index is 1.97. The Bertz CT molecular complexity index is 471. The lowest BCUT2D eigenvalue weighted by Crippen LogP contribution is -2.28. The van der Waals surface area contributed by atoms with Crippen LogP contribution < -0.4 is 16.4 Å². The Morgan fingerprint density at radius 1 is 1.45 bits per heavy atom. The number of benzene rings is 1. The van der Waals surface area contributed by atoms with E-state index in [2.05, 4.69) is 22.6 Å². The molecule has 4 N–H and O–H groups in total. The summed E-state index contributed by atoms with van der Waals surface area (Å²) in [5.41, 5.74) is 7.93. The molecule has 0 unspecified atom stereocenters. The van der Waals surface area contributed by atoms with E-state index < -0.39 is 0 Å². The summed E-state index contributed by atoms with van der Waals surface area (Å²) < 4.78 is 0. The van der Waals surface area contributed by atoms with E-state index in [1.54, 1.807) is 12.1 Å². The fraction of sp³-hybridized carbons (Fsp3) is 0.533. The largest absolute Gasteiger partial charge is 0.399 e. The average Bonchev–Trinajstić information content (AvgIpc) is 3.23. The quantitative estimate of drug-likeness (QED) is 0.660. The summed E-state index contributed by atoms with van der Waals surface area (Å²) in [6.45, 7) is 4.30. The first kappa shape index (κ1) is 14.7. The molecule has 0 spiro atoms. The van der Waals surface area contributed by atoms with E-state index in [1.165, 1.54) is 12.8 Å². The van der Waals surface area contributed by atoms with Crippen LogP contribution in [0.1, 0.15) is 30.1 Å². The third-order valence-electron chi connectivity index (χ3n) is 3.58. The topological polar surface area (TPSA) is 70.4 Å². The number of nitrogens with one attached hydrogen (secondary N) is 2. The van der Waals surface area contributed by atoms with E-state index in [-0.39, 0.29) is 5.91 Å². The molecule has 1 aliphatic rings. The number of hydrogen-bond acceptors (Lipinski definition) is 4. The van der Waals surface area contributed by atoms with E-state index in [4.69, 9.17) is 5.73 Å². The van der Waals surface area contributed by atoms with Crippen molar-refractivity contribution in [3.63, 3.8) is 0 Å². The molecule has 1 saturated carbocycles. The molecule has 0 bridgehead atoms. The minimum atomic E-state index is -0.0643. The van der Waals surface area contributed by atoms with Gasteiger partial charge in [0.05, 0.1) is 5.56 Å². The van der Waals surface area contributed by atoms with Gasteiger partial charge in [-0.3, -0.25) is 4.79 Å². The van der Waals surface area contributed by atoms with Gasteiger partial charge < -0.3 is 21.3 Å². The number of rotatable bonds is 7. The molecule has 0 aromatic heterocycles. The van der Waals surface area contributed by atoms with Crippen LogP contribution in [0, 0.1) is 0 Å². The van der Waals surface area contributed by atoms with E-state index in [9.17, 15) is 4.79 Å². The second kappa shape index (κ2) is 6.61. The van der Waals surface area contributed by atoms with Crippen LogP contribution in [0.4, 0.5) is 11.4 Å². The molecule has 1 aliphatic carbocycles. The summed E-state index contributed by atoms with van der Waals surface area (Å²) in [6, 6.07) is 6.10. The molecule has 1 aromatic carbocycles. The monoisotopic (exact) mass is 276 g/mol. The lowest BCUT2D eigenvalue weighted by molar-refractivity contribution is 0.0956. The first-order chi connectivity index (χ1) is 9.61. The average molecular weight is 276 g/mol. The number of carbonyl (C=O) groups is 1. The van der Waals surface area contributed by atoms with Crippen LogP contribution in [-0.4, -0.2) is 43.5 Å². The molecule has 1 amide bonds. The number of likely N-dealkylation sites (N-methyl/N-ethyl adjacent to an activating group) is 1. The highest BCUT2D eigenvalue weighted by Gasteiger charge is 2.25. The van der Waals surface area contributed by atoms with Gasteiger partial charge in [0.1, 0.15) is 0 Å². The molecular weight excluding hydrogens is 252 g/mol. The first-order valence-corrected chi connectivity index (χ1v) is 7.23. The summed E-state index contributed by atoms with van der Waals surface area (Å²) in [7, 11) is 2.14. The zero-order valence-electron chi connectivity index (χ0n) is 12.3. The number of hydrogen-bond donors (Lipinski definition) is 3. The summed E-state index contributed by atoms with van der Waals surface area (Å²) in [5, 5.41) is 6.14. The van der Waals surface area contributed by atoms with Crippen molar-refractivity contribution in [3.05, 3.63) is 23.8 Å². The molecule has 0 aliphatic heterocycles. The maximum Gasteiger partial charge on any atom is 0.253 e.